The van der Waals surface area contributed by atoms with Crippen molar-refractivity contribution in [2.45, 2.75) is 0 Å². The van der Waals surface area contributed by atoms with E-state index in [1.807, 2.05) is 54.6 Å². The van der Waals surface area contributed by atoms with Gasteiger partial charge in [0, 0.05) is 15.8 Å². The van der Waals surface area contributed by atoms with Crippen LogP contribution in [0.15, 0.2) is 91.0 Å². The predicted octanol–water partition coefficient (Wildman–Crippen LogP) is 8.27. The molecule has 1 amide bonds. The molecule has 0 fully saturated rings. The van der Waals surface area contributed by atoms with Crippen LogP contribution >= 0.6 is 22.9 Å². The van der Waals surface area contributed by atoms with Gasteiger partial charge in [-0.1, -0.05) is 90.5 Å². The lowest BCUT2D eigenvalue weighted by Crippen LogP contribution is -2.10. The second-order valence-corrected chi connectivity index (χ2v) is 8.98. The van der Waals surface area contributed by atoms with Crippen molar-refractivity contribution in [1.29, 1.82) is 0 Å². The van der Waals surface area contributed by atoms with E-state index in [1.54, 1.807) is 0 Å². The Morgan fingerprint density at radius 1 is 0.677 bits per heavy atom. The molecule has 0 radical (unpaired) electrons. The lowest BCUT2D eigenvalue weighted by Gasteiger charge is -2.08. The Morgan fingerprint density at radius 3 is 2.10 bits per heavy atom. The summed E-state index contributed by atoms with van der Waals surface area (Å²) in [5.74, 6) is -0.185. The number of benzene rings is 5. The van der Waals surface area contributed by atoms with Crippen LogP contribution < -0.4 is 5.32 Å². The summed E-state index contributed by atoms with van der Waals surface area (Å²) >= 11 is 8.08. The first-order valence-electron chi connectivity index (χ1n) is 10.0. The Balaban J connectivity index is 1.43. The molecule has 0 saturated heterocycles. The van der Waals surface area contributed by atoms with Gasteiger partial charge >= 0.3 is 0 Å². The summed E-state index contributed by atoms with van der Waals surface area (Å²) in [4.78, 5) is 13.7. The third-order valence-corrected chi connectivity index (χ3v) is 7.47. The Bertz CT molecular complexity index is 1650. The van der Waals surface area contributed by atoms with Crippen LogP contribution in [0, 0.1) is 0 Å². The number of carbonyl (C=O) groups is 1. The molecule has 0 saturated carbocycles. The van der Waals surface area contributed by atoms with E-state index in [2.05, 4.69) is 41.7 Å². The summed E-state index contributed by atoms with van der Waals surface area (Å²) in [7, 11) is 0. The monoisotopic (exact) mass is 437 g/mol. The van der Waals surface area contributed by atoms with Gasteiger partial charge < -0.3 is 5.32 Å². The average Bonchev–Trinajstić information content (AvgIpc) is 3.16. The Hall–Kier alpha value is -3.40. The molecular weight excluding hydrogens is 422 g/mol. The molecule has 0 aliphatic heterocycles. The predicted molar refractivity (Wildman–Crippen MR) is 134 cm³/mol. The normalized spacial score (nSPS) is 11.5. The number of fused-ring (bicyclic) bond motifs is 6. The summed E-state index contributed by atoms with van der Waals surface area (Å²) in [5.41, 5.74) is 0.757. The topological polar surface area (TPSA) is 29.1 Å². The summed E-state index contributed by atoms with van der Waals surface area (Å²) in [5, 5.41) is 11.3. The summed E-state index contributed by atoms with van der Waals surface area (Å²) in [6, 6.07) is 30.7. The van der Waals surface area contributed by atoms with Crippen molar-refractivity contribution in [1.82, 2.24) is 0 Å². The van der Waals surface area contributed by atoms with Crippen LogP contribution in [0.25, 0.3) is 42.4 Å². The largest absolute Gasteiger partial charge is 0.321 e. The van der Waals surface area contributed by atoms with Crippen LogP contribution in [0.5, 0.6) is 0 Å². The third kappa shape index (κ3) is 2.97. The maximum absolute atomic E-state index is 13.2. The van der Waals surface area contributed by atoms with E-state index in [0.717, 1.165) is 37.3 Å². The minimum atomic E-state index is -0.185. The molecular formula is C27H16ClNOS. The first-order chi connectivity index (χ1) is 15.2. The van der Waals surface area contributed by atoms with E-state index in [1.165, 1.54) is 22.1 Å². The molecule has 0 spiro atoms. The molecule has 5 aromatic carbocycles. The van der Waals surface area contributed by atoms with E-state index in [4.69, 9.17) is 11.6 Å². The molecule has 1 aromatic heterocycles. The zero-order valence-electron chi connectivity index (χ0n) is 16.4. The smallest absolute Gasteiger partial charge is 0.267 e. The molecule has 0 bridgehead atoms. The lowest BCUT2D eigenvalue weighted by atomic mass is 10.0. The third-order valence-electron chi connectivity index (χ3n) is 5.73. The van der Waals surface area contributed by atoms with Gasteiger partial charge in [0.15, 0.2) is 0 Å². The van der Waals surface area contributed by atoms with E-state index >= 15 is 0 Å². The lowest BCUT2D eigenvalue weighted by molar-refractivity contribution is 0.103. The first-order valence-corrected chi connectivity index (χ1v) is 11.2. The molecule has 0 aliphatic carbocycles. The number of anilines is 1. The molecule has 1 N–H and O–H groups in total. The zero-order valence-corrected chi connectivity index (χ0v) is 17.9. The van der Waals surface area contributed by atoms with E-state index in [-0.39, 0.29) is 5.91 Å². The van der Waals surface area contributed by atoms with Crippen molar-refractivity contribution < 1.29 is 4.79 Å². The minimum absolute atomic E-state index is 0.185. The fraction of sp³-hybridized carbons (Fsp3) is 0. The van der Waals surface area contributed by atoms with E-state index < -0.39 is 0 Å². The second-order valence-electron chi connectivity index (χ2n) is 7.59. The summed E-state index contributed by atoms with van der Waals surface area (Å²) in [6.45, 7) is 0. The van der Waals surface area contributed by atoms with Crippen molar-refractivity contribution in [3.8, 4) is 0 Å². The fourth-order valence-electron chi connectivity index (χ4n) is 4.21. The second kappa shape index (κ2) is 7.09. The van der Waals surface area contributed by atoms with Crippen LogP contribution in [-0.4, -0.2) is 5.91 Å². The molecule has 2 nitrogen and oxygen atoms in total. The molecule has 6 aromatic rings. The Morgan fingerprint density at radius 2 is 1.29 bits per heavy atom. The van der Waals surface area contributed by atoms with E-state index in [9.17, 15) is 4.79 Å². The molecule has 1 heterocycles. The molecule has 4 heteroatoms. The highest BCUT2D eigenvalue weighted by Gasteiger charge is 2.19. The van der Waals surface area contributed by atoms with Crippen molar-refractivity contribution in [2.75, 3.05) is 5.32 Å². The molecule has 0 aliphatic rings. The number of halogens is 1. The molecule has 6 rings (SSSR count). The average molecular weight is 438 g/mol. The highest BCUT2D eigenvalue weighted by molar-refractivity contribution is 7.22. The van der Waals surface area contributed by atoms with Gasteiger partial charge in [-0.05, 0) is 44.5 Å². The Labute approximate surface area is 187 Å². The molecule has 148 valence electrons. The zero-order chi connectivity index (χ0) is 20.9. The highest BCUT2D eigenvalue weighted by Crippen LogP contribution is 2.40. The number of hydrogen-bond donors (Lipinski definition) is 1. The van der Waals surface area contributed by atoms with Crippen LogP contribution in [0.1, 0.15) is 9.67 Å². The molecule has 0 atom stereocenters. The van der Waals surface area contributed by atoms with E-state index in [0.29, 0.717) is 9.90 Å². The Kier molecular flexibility index (Phi) is 4.20. The maximum atomic E-state index is 13.2. The number of nitrogens with one attached hydrogen (secondary N) is 1. The first kappa shape index (κ1) is 18.4. The minimum Gasteiger partial charge on any atom is -0.321 e. The van der Waals surface area contributed by atoms with Gasteiger partial charge in [-0.3, -0.25) is 4.79 Å². The van der Waals surface area contributed by atoms with Gasteiger partial charge in [0.05, 0.1) is 5.02 Å². The van der Waals surface area contributed by atoms with Gasteiger partial charge in [-0.2, -0.15) is 0 Å². The molecule has 31 heavy (non-hydrogen) atoms. The van der Waals surface area contributed by atoms with Crippen molar-refractivity contribution in [2.24, 2.45) is 0 Å². The summed E-state index contributed by atoms with van der Waals surface area (Å²) < 4.78 is 1.04. The quantitative estimate of drug-likeness (QED) is 0.271. The van der Waals surface area contributed by atoms with Gasteiger partial charge in [0.25, 0.3) is 5.91 Å². The van der Waals surface area contributed by atoms with Crippen LogP contribution in [0.4, 0.5) is 5.69 Å². The maximum Gasteiger partial charge on any atom is 0.267 e. The number of thiophene rings is 1. The van der Waals surface area contributed by atoms with Crippen molar-refractivity contribution in [3.63, 3.8) is 0 Å². The number of carbonyl (C=O) groups excluding carboxylic acids is 1. The van der Waals surface area contributed by atoms with Crippen LogP contribution in [-0.2, 0) is 0 Å². The van der Waals surface area contributed by atoms with Crippen LogP contribution in [0.3, 0.4) is 0 Å². The SMILES string of the molecule is O=C(Nc1ccc2ccc3ccccc3c2c1)c1sc2c(ccc3ccccc32)c1Cl. The molecule has 0 unspecified atom stereocenters. The van der Waals surface area contributed by atoms with Gasteiger partial charge in [-0.25, -0.2) is 0 Å². The number of amides is 1. The van der Waals surface area contributed by atoms with Gasteiger partial charge in [-0.15, -0.1) is 11.3 Å². The summed E-state index contributed by atoms with van der Waals surface area (Å²) in [6.07, 6.45) is 0. The number of hydrogen-bond acceptors (Lipinski definition) is 2. The van der Waals surface area contributed by atoms with Gasteiger partial charge in [0.2, 0.25) is 0 Å². The number of rotatable bonds is 2. The standard InChI is InChI=1S/C27H16ClNOS/c28-24-22-14-12-17-6-2-4-8-21(17)25(22)31-26(24)27(30)29-19-13-11-18-10-9-16-5-1-3-7-20(16)23(18)15-19/h1-15H,(H,29,30). The van der Waals surface area contributed by atoms with Crippen LogP contribution in [0.2, 0.25) is 5.02 Å². The van der Waals surface area contributed by atoms with Gasteiger partial charge in [0.1, 0.15) is 4.88 Å². The van der Waals surface area contributed by atoms with Crippen molar-refractivity contribution >= 4 is 76.9 Å². The fourth-order valence-corrected chi connectivity index (χ4v) is 5.75. The van der Waals surface area contributed by atoms with Crippen molar-refractivity contribution in [3.05, 3.63) is 101 Å². The highest BCUT2D eigenvalue weighted by atomic mass is 35.5.